The third-order valence-electron chi connectivity index (χ3n) is 4.89. The van der Waals surface area contributed by atoms with Crippen molar-refractivity contribution >= 4 is 16.6 Å². The number of pyridine rings is 1. The predicted octanol–water partition coefficient (Wildman–Crippen LogP) is 3.57. The minimum Gasteiger partial charge on any atom is -0.494 e. The highest BCUT2D eigenvalue weighted by Gasteiger charge is 2.19. The topological polar surface area (TPSA) is 28.6 Å². The Balaban J connectivity index is 1.50. The minimum atomic E-state index is 0.835. The molecule has 1 fully saturated rings. The van der Waals surface area contributed by atoms with E-state index < -0.39 is 0 Å². The molecule has 0 spiro atoms. The molecule has 2 aromatic carbocycles. The van der Waals surface area contributed by atoms with Crippen molar-refractivity contribution in [1.82, 2.24) is 9.88 Å². The van der Waals surface area contributed by atoms with E-state index in [-0.39, 0.29) is 0 Å². The fourth-order valence-corrected chi connectivity index (χ4v) is 3.56. The van der Waals surface area contributed by atoms with Crippen LogP contribution < -0.4 is 9.64 Å². The lowest BCUT2D eigenvalue weighted by molar-refractivity contribution is 0.250. The molecule has 1 aromatic heterocycles. The zero-order valence-corrected chi connectivity index (χ0v) is 14.6. The molecule has 0 aliphatic carbocycles. The van der Waals surface area contributed by atoms with E-state index in [1.807, 2.05) is 18.3 Å². The van der Waals surface area contributed by atoms with Crippen LogP contribution in [0.3, 0.4) is 0 Å². The lowest BCUT2D eigenvalue weighted by Gasteiger charge is -2.36. The van der Waals surface area contributed by atoms with Crippen molar-refractivity contribution in [3.05, 3.63) is 66.4 Å². The van der Waals surface area contributed by atoms with Gasteiger partial charge in [-0.15, -0.1) is 0 Å². The van der Waals surface area contributed by atoms with Crippen molar-refractivity contribution in [2.24, 2.45) is 0 Å². The van der Waals surface area contributed by atoms with E-state index in [0.29, 0.717) is 0 Å². The van der Waals surface area contributed by atoms with E-state index >= 15 is 0 Å². The van der Waals surface area contributed by atoms with Crippen molar-refractivity contribution in [3.63, 3.8) is 0 Å². The molecule has 0 radical (unpaired) electrons. The van der Waals surface area contributed by atoms with Gasteiger partial charge >= 0.3 is 0 Å². The summed E-state index contributed by atoms with van der Waals surface area (Å²) in [6, 6.07) is 19.0. The van der Waals surface area contributed by atoms with Crippen LogP contribution in [0.4, 0.5) is 5.69 Å². The lowest BCUT2D eigenvalue weighted by Crippen LogP contribution is -2.46. The molecular formula is C21H23N3O. The second-order valence-electron chi connectivity index (χ2n) is 6.44. The van der Waals surface area contributed by atoms with Crippen LogP contribution in [0.2, 0.25) is 0 Å². The molecule has 1 aliphatic rings. The number of aromatic nitrogens is 1. The zero-order valence-electron chi connectivity index (χ0n) is 14.6. The Hall–Kier alpha value is -2.59. The van der Waals surface area contributed by atoms with E-state index in [9.17, 15) is 0 Å². The smallest absolute Gasteiger partial charge is 0.145 e. The number of hydrogen-bond acceptors (Lipinski definition) is 4. The van der Waals surface area contributed by atoms with Crippen molar-refractivity contribution in [2.45, 2.75) is 6.54 Å². The standard InChI is InChI=1S/C21H23N3O/c1-25-20-9-5-8-18-19(10-11-22-21(18)20)24-14-12-23(13-15-24)16-17-6-3-2-4-7-17/h2-11H,12-16H2,1H3. The molecule has 0 N–H and O–H groups in total. The molecule has 0 atom stereocenters. The van der Waals surface area contributed by atoms with Crippen LogP contribution >= 0.6 is 0 Å². The summed E-state index contributed by atoms with van der Waals surface area (Å²) in [5.41, 5.74) is 3.58. The molecule has 2 heterocycles. The van der Waals surface area contributed by atoms with E-state index in [4.69, 9.17) is 4.74 Å². The number of ether oxygens (including phenoxy) is 1. The Labute approximate surface area is 148 Å². The summed E-state index contributed by atoms with van der Waals surface area (Å²) in [7, 11) is 1.70. The summed E-state index contributed by atoms with van der Waals surface area (Å²) < 4.78 is 5.46. The minimum absolute atomic E-state index is 0.835. The number of anilines is 1. The van der Waals surface area contributed by atoms with Gasteiger partial charge in [0, 0.05) is 50.0 Å². The summed E-state index contributed by atoms with van der Waals surface area (Å²) in [6.07, 6.45) is 1.89. The highest BCUT2D eigenvalue weighted by atomic mass is 16.5. The quantitative estimate of drug-likeness (QED) is 0.730. The van der Waals surface area contributed by atoms with Gasteiger partial charge in [-0.1, -0.05) is 42.5 Å². The largest absolute Gasteiger partial charge is 0.494 e. The van der Waals surface area contributed by atoms with Gasteiger partial charge in [-0.3, -0.25) is 9.88 Å². The van der Waals surface area contributed by atoms with Crippen molar-refractivity contribution in [3.8, 4) is 5.75 Å². The highest BCUT2D eigenvalue weighted by Crippen LogP contribution is 2.31. The molecule has 1 aliphatic heterocycles. The Morgan fingerprint density at radius 2 is 1.72 bits per heavy atom. The van der Waals surface area contributed by atoms with E-state index in [2.05, 4.69) is 57.2 Å². The maximum atomic E-state index is 5.46. The van der Waals surface area contributed by atoms with Gasteiger partial charge in [0.25, 0.3) is 0 Å². The summed E-state index contributed by atoms with van der Waals surface area (Å²) >= 11 is 0. The van der Waals surface area contributed by atoms with Crippen LogP contribution in [0.15, 0.2) is 60.8 Å². The second kappa shape index (κ2) is 7.11. The molecule has 4 heteroatoms. The maximum absolute atomic E-state index is 5.46. The Morgan fingerprint density at radius 3 is 2.48 bits per heavy atom. The summed E-state index contributed by atoms with van der Waals surface area (Å²) in [5.74, 6) is 0.835. The molecule has 0 saturated carbocycles. The van der Waals surface area contributed by atoms with Crippen molar-refractivity contribution < 1.29 is 4.74 Å². The Kier molecular flexibility index (Phi) is 4.53. The van der Waals surface area contributed by atoms with E-state index in [0.717, 1.165) is 44.0 Å². The van der Waals surface area contributed by atoms with Crippen LogP contribution in [0.25, 0.3) is 10.9 Å². The third-order valence-corrected chi connectivity index (χ3v) is 4.89. The number of benzene rings is 2. The fourth-order valence-electron chi connectivity index (χ4n) is 3.56. The summed E-state index contributed by atoms with van der Waals surface area (Å²) in [6.45, 7) is 5.23. The van der Waals surface area contributed by atoms with E-state index in [1.165, 1.54) is 16.6 Å². The van der Waals surface area contributed by atoms with Crippen LogP contribution in [-0.4, -0.2) is 43.2 Å². The van der Waals surface area contributed by atoms with Gasteiger partial charge in [0.15, 0.2) is 0 Å². The van der Waals surface area contributed by atoms with Crippen LogP contribution in [0.5, 0.6) is 5.75 Å². The average Bonchev–Trinajstić information content (AvgIpc) is 2.68. The molecule has 25 heavy (non-hydrogen) atoms. The number of hydrogen-bond donors (Lipinski definition) is 0. The average molecular weight is 333 g/mol. The first kappa shape index (κ1) is 15.9. The zero-order chi connectivity index (χ0) is 17.1. The van der Waals surface area contributed by atoms with Gasteiger partial charge in [0.2, 0.25) is 0 Å². The van der Waals surface area contributed by atoms with Gasteiger partial charge in [-0.05, 0) is 17.7 Å². The summed E-state index contributed by atoms with van der Waals surface area (Å²) in [5, 5.41) is 1.17. The van der Waals surface area contributed by atoms with Crippen LogP contribution in [0.1, 0.15) is 5.56 Å². The van der Waals surface area contributed by atoms with Crippen molar-refractivity contribution in [2.75, 3.05) is 38.2 Å². The molecule has 4 rings (SSSR count). The molecule has 0 unspecified atom stereocenters. The number of fused-ring (bicyclic) bond motifs is 1. The van der Waals surface area contributed by atoms with Gasteiger partial charge in [0.05, 0.1) is 7.11 Å². The molecule has 1 saturated heterocycles. The Morgan fingerprint density at radius 1 is 0.920 bits per heavy atom. The predicted molar refractivity (Wildman–Crippen MR) is 102 cm³/mol. The van der Waals surface area contributed by atoms with Crippen LogP contribution in [0, 0.1) is 0 Å². The molecule has 128 valence electrons. The van der Waals surface area contributed by atoms with E-state index in [1.54, 1.807) is 7.11 Å². The first-order valence-electron chi connectivity index (χ1n) is 8.78. The maximum Gasteiger partial charge on any atom is 0.145 e. The SMILES string of the molecule is COc1cccc2c(N3CCN(Cc4ccccc4)CC3)ccnc12. The number of para-hydroxylation sites is 1. The first-order chi connectivity index (χ1) is 12.3. The molecular weight excluding hydrogens is 310 g/mol. The molecule has 3 aromatic rings. The number of nitrogens with zero attached hydrogens (tertiary/aromatic N) is 3. The third kappa shape index (κ3) is 3.30. The number of rotatable bonds is 4. The monoisotopic (exact) mass is 333 g/mol. The highest BCUT2D eigenvalue weighted by molar-refractivity contribution is 5.95. The van der Waals surface area contributed by atoms with Gasteiger partial charge in [-0.2, -0.15) is 0 Å². The Bertz CT molecular complexity index is 842. The second-order valence-corrected chi connectivity index (χ2v) is 6.44. The number of methoxy groups -OCH3 is 1. The fraction of sp³-hybridized carbons (Fsp3) is 0.286. The number of piperazine rings is 1. The van der Waals surface area contributed by atoms with Crippen LogP contribution in [-0.2, 0) is 6.54 Å². The molecule has 4 nitrogen and oxygen atoms in total. The van der Waals surface area contributed by atoms with Gasteiger partial charge in [0.1, 0.15) is 11.3 Å². The normalized spacial score (nSPS) is 15.5. The van der Waals surface area contributed by atoms with Gasteiger partial charge < -0.3 is 9.64 Å². The van der Waals surface area contributed by atoms with Crippen molar-refractivity contribution in [1.29, 1.82) is 0 Å². The first-order valence-corrected chi connectivity index (χ1v) is 8.78. The molecule has 0 amide bonds. The summed E-state index contributed by atoms with van der Waals surface area (Å²) in [4.78, 5) is 9.50. The lowest BCUT2D eigenvalue weighted by atomic mass is 10.1. The molecule has 0 bridgehead atoms. The van der Waals surface area contributed by atoms with Gasteiger partial charge in [-0.25, -0.2) is 0 Å².